The highest BCUT2D eigenvalue weighted by Gasteiger charge is 2.05. The van der Waals surface area contributed by atoms with Crippen molar-refractivity contribution in [2.45, 2.75) is 26.3 Å². The Labute approximate surface area is 148 Å². The molecule has 0 aliphatic rings. The summed E-state index contributed by atoms with van der Waals surface area (Å²) >= 11 is 0. The third kappa shape index (κ3) is 4.21. The molecular weight excluding hydrogens is 312 g/mol. The quantitative estimate of drug-likeness (QED) is 0.547. The molecule has 4 heteroatoms. The maximum absolute atomic E-state index is 5.89. The van der Waals surface area contributed by atoms with Gasteiger partial charge in [0.2, 0.25) is 0 Å². The Hall–Kier alpha value is -2.75. The monoisotopic (exact) mass is 336 g/mol. The molecule has 0 atom stereocenters. The first-order valence-corrected chi connectivity index (χ1v) is 8.65. The number of imidazole rings is 1. The van der Waals surface area contributed by atoms with E-state index in [9.17, 15) is 0 Å². The Bertz CT molecular complexity index is 852. The fraction of sp³-hybridized carbons (Fsp3) is 0.286. The van der Waals surface area contributed by atoms with Crippen LogP contribution >= 0.6 is 0 Å². The van der Waals surface area contributed by atoms with Crippen molar-refractivity contribution in [1.82, 2.24) is 9.55 Å². The fourth-order valence-corrected chi connectivity index (χ4v) is 2.85. The van der Waals surface area contributed by atoms with E-state index >= 15 is 0 Å². The predicted octanol–water partition coefficient (Wildman–Crippen LogP) is 4.94. The molecule has 0 N–H and O–H groups in total. The van der Waals surface area contributed by atoms with Gasteiger partial charge in [-0.05, 0) is 49.6 Å². The zero-order chi connectivity index (χ0) is 17.5. The number of benzene rings is 2. The van der Waals surface area contributed by atoms with E-state index in [1.54, 1.807) is 7.11 Å². The number of ether oxygens (including phenoxy) is 2. The van der Waals surface area contributed by atoms with Crippen LogP contribution in [0, 0.1) is 0 Å². The molecule has 0 amide bonds. The molecule has 3 rings (SSSR count). The minimum atomic E-state index is 0.673. The van der Waals surface area contributed by atoms with E-state index in [2.05, 4.69) is 15.6 Å². The van der Waals surface area contributed by atoms with Crippen LogP contribution in [0.15, 0.2) is 54.9 Å². The first kappa shape index (κ1) is 17.1. The summed E-state index contributed by atoms with van der Waals surface area (Å²) in [6.07, 6.45) is 7.98. The Morgan fingerprint density at radius 1 is 1.08 bits per heavy atom. The molecule has 130 valence electrons. The highest BCUT2D eigenvalue weighted by molar-refractivity contribution is 5.74. The normalized spacial score (nSPS) is 11.3. The van der Waals surface area contributed by atoms with Crippen LogP contribution in [0.25, 0.3) is 17.1 Å². The van der Waals surface area contributed by atoms with Gasteiger partial charge in [0.05, 0.1) is 31.1 Å². The van der Waals surface area contributed by atoms with Crippen molar-refractivity contribution in [3.8, 4) is 11.5 Å². The molecule has 0 fully saturated rings. The second-order valence-electron chi connectivity index (χ2n) is 5.89. The lowest BCUT2D eigenvalue weighted by molar-refractivity contribution is 0.284. The molecule has 0 bridgehead atoms. The van der Waals surface area contributed by atoms with Gasteiger partial charge in [0.25, 0.3) is 0 Å². The molecule has 4 nitrogen and oxygen atoms in total. The van der Waals surface area contributed by atoms with E-state index in [1.165, 1.54) is 5.52 Å². The molecule has 0 saturated carbocycles. The summed E-state index contributed by atoms with van der Waals surface area (Å²) in [6.45, 7) is 3.62. The highest BCUT2D eigenvalue weighted by atomic mass is 16.5. The first-order chi connectivity index (χ1) is 12.3. The van der Waals surface area contributed by atoms with Gasteiger partial charge in [-0.15, -0.1) is 0 Å². The molecule has 0 unspecified atom stereocenters. The van der Waals surface area contributed by atoms with Crippen molar-refractivity contribution in [2.24, 2.45) is 0 Å². The van der Waals surface area contributed by atoms with Crippen molar-refractivity contribution >= 4 is 17.1 Å². The third-order valence-corrected chi connectivity index (χ3v) is 4.13. The lowest BCUT2D eigenvalue weighted by atomic mass is 10.2. The van der Waals surface area contributed by atoms with Gasteiger partial charge in [0.1, 0.15) is 0 Å². The van der Waals surface area contributed by atoms with Gasteiger partial charge >= 0.3 is 0 Å². The Kier molecular flexibility index (Phi) is 5.73. The minimum absolute atomic E-state index is 0.673. The van der Waals surface area contributed by atoms with Crippen LogP contribution in [0.1, 0.15) is 25.3 Å². The summed E-state index contributed by atoms with van der Waals surface area (Å²) < 4.78 is 13.5. The van der Waals surface area contributed by atoms with E-state index in [0.717, 1.165) is 42.0 Å². The molecule has 2 aromatic carbocycles. The Balaban J connectivity index is 1.50. The van der Waals surface area contributed by atoms with Crippen molar-refractivity contribution in [2.75, 3.05) is 13.7 Å². The largest absolute Gasteiger partial charge is 0.493 e. The molecular formula is C21H24N2O2. The Morgan fingerprint density at radius 2 is 1.96 bits per heavy atom. The molecule has 0 aliphatic carbocycles. The lowest BCUT2D eigenvalue weighted by Gasteiger charge is -2.11. The zero-order valence-corrected chi connectivity index (χ0v) is 14.8. The lowest BCUT2D eigenvalue weighted by Crippen LogP contribution is -2.02. The van der Waals surface area contributed by atoms with Crippen LogP contribution < -0.4 is 9.47 Å². The third-order valence-electron chi connectivity index (χ3n) is 4.13. The Morgan fingerprint density at radius 3 is 2.80 bits per heavy atom. The molecule has 3 aromatic rings. The van der Waals surface area contributed by atoms with Crippen molar-refractivity contribution in [3.05, 3.63) is 60.4 Å². The van der Waals surface area contributed by atoms with E-state index in [0.29, 0.717) is 6.61 Å². The average Bonchev–Trinajstić information content (AvgIpc) is 3.06. The number of nitrogens with zero attached hydrogens (tertiary/aromatic N) is 2. The van der Waals surface area contributed by atoms with Crippen LogP contribution in [0.4, 0.5) is 0 Å². The SMILES string of the molecule is C/C=C/c1ccc(OCCCCn2cnc3ccccc32)c(OC)c1. The molecule has 1 aromatic heterocycles. The number of unbranched alkanes of at least 4 members (excludes halogenated alkanes) is 1. The maximum atomic E-state index is 5.89. The number of allylic oxidation sites excluding steroid dienone is 1. The van der Waals surface area contributed by atoms with E-state index in [4.69, 9.17) is 9.47 Å². The van der Waals surface area contributed by atoms with Crippen molar-refractivity contribution in [1.29, 1.82) is 0 Å². The molecule has 0 spiro atoms. The van der Waals surface area contributed by atoms with E-state index in [1.807, 2.05) is 61.8 Å². The topological polar surface area (TPSA) is 36.3 Å². The number of hydrogen-bond acceptors (Lipinski definition) is 3. The molecule has 25 heavy (non-hydrogen) atoms. The van der Waals surface area contributed by atoms with Crippen LogP contribution in [0.5, 0.6) is 11.5 Å². The van der Waals surface area contributed by atoms with Gasteiger partial charge in [-0.3, -0.25) is 0 Å². The summed E-state index contributed by atoms with van der Waals surface area (Å²) in [7, 11) is 1.67. The number of fused-ring (bicyclic) bond motifs is 1. The summed E-state index contributed by atoms with van der Waals surface area (Å²) in [5.41, 5.74) is 3.34. The summed E-state index contributed by atoms with van der Waals surface area (Å²) in [6, 6.07) is 14.2. The highest BCUT2D eigenvalue weighted by Crippen LogP contribution is 2.28. The number of methoxy groups -OCH3 is 1. The van der Waals surface area contributed by atoms with Gasteiger partial charge in [-0.1, -0.05) is 30.4 Å². The van der Waals surface area contributed by atoms with E-state index < -0.39 is 0 Å². The average molecular weight is 336 g/mol. The molecule has 1 heterocycles. The van der Waals surface area contributed by atoms with E-state index in [-0.39, 0.29) is 0 Å². The predicted molar refractivity (Wildman–Crippen MR) is 102 cm³/mol. The second kappa shape index (κ2) is 8.38. The standard InChI is InChI=1S/C21H24N2O2/c1-3-8-17-11-12-20(21(15-17)24-2)25-14-7-6-13-23-16-22-18-9-4-5-10-19(18)23/h3-5,8-12,15-16H,6-7,13-14H2,1-2H3/b8-3+. The smallest absolute Gasteiger partial charge is 0.161 e. The van der Waals surface area contributed by atoms with Crippen LogP contribution in [-0.2, 0) is 6.54 Å². The molecule has 0 aliphatic heterocycles. The van der Waals surface area contributed by atoms with Gasteiger partial charge in [-0.2, -0.15) is 0 Å². The summed E-state index contributed by atoms with van der Waals surface area (Å²) in [5.74, 6) is 1.57. The molecule has 0 saturated heterocycles. The number of aromatic nitrogens is 2. The van der Waals surface area contributed by atoms with Crippen molar-refractivity contribution < 1.29 is 9.47 Å². The zero-order valence-electron chi connectivity index (χ0n) is 14.8. The van der Waals surface area contributed by atoms with Crippen LogP contribution in [0.3, 0.4) is 0 Å². The van der Waals surface area contributed by atoms with Crippen LogP contribution in [0.2, 0.25) is 0 Å². The number of hydrogen-bond donors (Lipinski definition) is 0. The number of rotatable bonds is 8. The van der Waals surface area contributed by atoms with Crippen LogP contribution in [-0.4, -0.2) is 23.3 Å². The summed E-state index contributed by atoms with van der Waals surface area (Å²) in [5, 5.41) is 0. The van der Waals surface area contributed by atoms with Gasteiger partial charge in [0, 0.05) is 6.54 Å². The number of para-hydroxylation sites is 2. The van der Waals surface area contributed by atoms with Gasteiger partial charge in [0.15, 0.2) is 11.5 Å². The van der Waals surface area contributed by atoms with Gasteiger partial charge < -0.3 is 14.0 Å². The van der Waals surface area contributed by atoms with Gasteiger partial charge in [-0.25, -0.2) is 4.98 Å². The van der Waals surface area contributed by atoms with Crippen molar-refractivity contribution in [3.63, 3.8) is 0 Å². The fourth-order valence-electron chi connectivity index (χ4n) is 2.85. The first-order valence-electron chi connectivity index (χ1n) is 8.65. The minimum Gasteiger partial charge on any atom is -0.493 e. The molecule has 0 radical (unpaired) electrons. The second-order valence-corrected chi connectivity index (χ2v) is 5.89. The maximum Gasteiger partial charge on any atom is 0.161 e. The summed E-state index contributed by atoms with van der Waals surface area (Å²) in [4.78, 5) is 4.42. The number of aryl methyl sites for hydroxylation is 1.